The Hall–Kier alpha value is -2.90. The Kier molecular flexibility index (Phi) is 5.02. The molecule has 0 fully saturated rings. The second kappa shape index (κ2) is 7.50. The zero-order valence-electron chi connectivity index (χ0n) is 15.8. The number of aliphatic hydroxyl groups is 1. The number of aryl methyl sites for hydroxylation is 2. The highest BCUT2D eigenvalue weighted by molar-refractivity contribution is 7.17. The highest BCUT2D eigenvalue weighted by Gasteiger charge is 2.20. The predicted molar refractivity (Wildman–Crippen MR) is 110 cm³/mol. The van der Waals surface area contributed by atoms with Crippen LogP contribution in [-0.2, 0) is 6.54 Å². The lowest BCUT2D eigenvalue weighted by Crippen LogP contribution is -2.24. The van der Waals surface area contributed by atoms with Crippen molar-refractivity contribution in [3.05, 3.63) is 86.8 Å². The Labute approximate surface area is 169 Å². The van der Waals surface area contributed by atoms with Crippen LogP contribution in [0.4, 0.5) is 8.78 Å². The first-order valence-corrected chi connectivity index (χ1v) is 9.91. The number of aromatic nitrogens is 2. The molecule has 4 aromatic rings. The number of fused-ring (bicyclic) bond motifs is 1. The van der Waals surface area contributed by atoms with Crippen molar-refractivity contribution in [3.8, 4) is 11.1 Å². The summed E-state index contributed by atoms with van der Waals surface area (Å²) in [7, 11) is 0. The minimum Gasteiger partial charge on any atom is -0.386 e. The van der Waals surface area contributed by atoms with E-state index in [1.54, 1.807) is 0 Å². The minimum absolute atomic E-state index is 0.304. The monoisotopic (exact) mass is 412 g/mol. The van der Waals surface area contributed by atoms with Crippen molar-refractivity contribution in [3.63, 3.8) is 0 Å². The normalized spacial score (nSPS) is 12.4. The molecule has 0 saturated carbocycles. The molecule has 0 aliphatic rings. The maximum Gasteiger partial charge on any atom is 0.262 e. The van der Waals surface area contributed by atoms with Crippen molar-refractivity contribution in [2.45, 2.75) is 26.5 Å². The Morgan fingerprint density at radius 3 is 2.55 bits per heavy atom. The minimum atomic E-state index is -1.52. The molecule has 0 spiro atoms. The number of hydrogen-bond acceptors (Lipinski definition) is 4. The molecule has 4 rings (SSSR count). The molecule has 2 aromatic heterocycles. The number of nitrogens with zero attached hydrogens (tertiary/aromatic N) is 2. The highest BCUT2D eigenvalue weighted by Crippen LogP contribution is 2.32. The summed E-state index contributed by atoms with van der Waals surface area (Å²) in [5, 5.41) is 12.7. The van der Waals surface area contributed by atoms with Crippen LogP contribution in [0.3, 0.4) is 0 Å². The van der Waals surface area contributed by atoms with E-state index in [0.29, 0.717) is 10.2 Å². The highest BCUT2D eigenvalue weighted by atomic mass is 32.1. The van der Waals surface area contributed by atoms with Gasteiger partial charge in [0.25, 0.3) is 5.56 Å². The van der Waals surface area contributed by atoms with Gasteiger partial charge in [0.1, 0.15) is 22.6 Å². The van der Waals surface area contributed by atoms with E-state index in [1.165, 1.54) is 28.3 Å². The van der Waals surface area contributed by atoms with Crippen LogP contribution in [0, 0.1) is 25.5 Å². The van der Waals surface area contributed by atoms with E-state index < -0.39 is 23.3 Å². The fraction of sp³-hybridized carbons (Fsp3) is 0.182. The summed E-state index contributed by atoms with van der Waals surface area (Å²) in [6.45, 7) is 3.72. The molecular weight excluding hydrogens is 394 g/mol. The second-order valence-corrected chi connectivity index (χ2v) is 7.84. The van der Waals surface area contributed by atoms with Gasteiger partial charge in [-0.15, -0.1) is 11.3 Å². The zero-order chi connectivity index (χ0) is 20.7. The summed E-state index contributed by atoms with van der Waals surface area (Å²) < 4.78 is 29.1. The fourth-order valence-corrected chi connectivity index (χ4v) is 4.23. The van der Waals surface area contributed by atoms with Gasteiger partial charge in [-0.2, -0.15) is 0 Å². The molecule has 0 radical (unpaired) electrons. The summed E-state index contributed by atoms with van der Waals surface area (Å²) in [6, 6.07) is 9.32. The Morgan fingerprint density at radius 2 is 1.86 bits per heavy atom. The second-order valence-electron chi connectivity index (χ2n) is 6.98. The lowest BCUT2D eigenvalue weighted by molar-refractivity contribution is 0.145. The van der Waals surface area contributed by atoms with Gasteiger partial charge in [-0.3, -0.25) is 9.36 Å². The molecule has 0 unspecified atom stereocenters. The largest absolute Gasteiger partial charge is 0.386 e. The fourth-order valence-electron chi connectivity index (χ4n) is 3.33. The van der Waals surface area contributed by atoms with Gasteiger partial charge in [-0.05, 0) is 42.7 Å². The molecule has 148 valence electrons. The van der Waals surface area contributed by atoms with Gasteiger partial charge in [0.2, 0.25) is 0 Å². The number of benzene rings is 2. The molecule has 0 aliphatic heterocycles. The van der Waals surface area contributed by atoms with E-state index in [2.05, 4.69) is 4.98 Å². The average molecular weight is 412 g/mol. The maximum absolute atomic E-state index is 14.0. The first-order valence-electron chi connectivity index (χ1n) is 9.03. The van der Waals surface area contributed by atoms with Crippen molar-refractivity contribution in [2.75, 3.05) is 0 Å². The van der Waals surface area contributed by atoms with E-state index in [9.17, 15) is 18.7 Å². The molecule has 29 heavy (non-hydrogen) atoms. The quantitative estimate of drug-likeness (QED) is 0.526. The van der Waals surface area contributed by atoms with Gasteiger partial charge in [-0.25, -0.2) is 13.8 Å². The summed E-state index contributed by atoms with van der Waals surface area (Å²) in [4.78, 5) is 18.0. The van der Waals surface area contributed by atoms with Crippen molar-refractivity contribution in [1.29, 1.82) is 0 Å². The molecule has 7 heteroatoms. The lowest BCUT2D eigenvalue weighted by atomic mass is 10.0. The first kappa shape index (κ1) is 19.4. The number of halogens is 2. The number of hydrogen-bond donors (Lipinski definition) is 1. The van der Waals surface area contributed by atoms with Crippen LogP contribution in [-0.4, -0.2) is 14.7 Å². The molecule has 0 saturated heterocycles. The van der Waals surface area contributed by atoms with E-state index in [1.807, 2.05) is 37.4 Å². The van der Waals surface area contributed by atoms with Crippen LogP contribution in [0.15, 0.2) is 52.9 Å². The van der Waals surface area contributed by atoms with Crippen molar-refractivity contribution >= 4 is 21.6 Å². The van der Waals surface area contributed by atoms with E-state index in [-0.39, 0.29) is 12.1 Å². The van der Waals surface area contributed by atoms with E-state index in [4.69, 9.17) is 0 Å². The molecule has 4 nitrogen and oxygen atoms in total. The molecule has 2 heterocycles. The SMILES string of the molecule is Cc1ccc(-c2csc3ncn(C[C@H](O)c4c(F)cccc4F)c(=O)c23)cc1C. The predicted octanol–water partition coefficient (Wildman–Crippen LogP) is 4.75. The van der Waals surface area contributed by atoms with Crippen LogP contribution in [0.25, 0.3) is 21.3 Å². The van der Waals surface area contributed by atoms with Gasteiger partial charge in [0.05, 0.1) is 23.8 Å². The summed E-state index contributed by atoms with van der Waals surface area (Å²) in [5.41, 5.74) is 3.10. The average Bonchev–Trinajstić information content (AvgIpc) is 3.11. The van der Waals surface area contributed by atoms with Crippen molar-refractivity contribution < 1.29 is 13.9 Å². The summed E-state index contributed by atoms with van der Waals surface area (Å²) in [5.74, 6) is -1.71. The van der Waals surface area contributed by atoms with Crippen LogP contribution < -0.4 is 5.56 Å². The van der Waals surface area contributed by atoms with Crippen LogP contribution >= 0.6 is 11.3 Å². The number of thiophene rings is 1. The third-order valence-corrected chi connectivity index (χ3v) is 5.97. The van der Waals surface area contributed by atoms with Crippen LogP contribution in [0.1, 0.15) is 22.8 Å². The maximum atomic E-state index is 14.0. The topological polar surface area (TPSA) is 55.1 Å². The Morgan fingerprint density at radius 1 is 1.14 bits per heavy atom. The Balaban J connectivity index is 1.78. The zero-order valence-corrected chi connectivity index (χ0v) is 16.6. The smallest absolute Gasteiger partial charge is 0.262 e. The summed E-state index contributed by atoms with van der Waals surface area (Å²) in [6.07, 6.45) is -0.218. The Bertz CT molecular complexity index is 1260. The molecule has 2 aromatic carbocycles. The van der Waals surface area contributed by atoms with Crippen molar-refractivity contribution in [2.24, 2.45) is 0 Å². The first-order chi connectivity index (χ1) is 13.9. The van der Waals surface area contributed by atoms with Gasteiger partial charge in [0.15, 0.2) is 0 Å². The molecule has 0 bridgehead atoms. The van der Waals surface area contributed by atoms with Crippen molar-refractivity contribution in [1.82, 2.24) is 9.55 Å². The van der Waals surface area contributed by atoms with E-state index >= 15 is 0 Å². The summed E-state index contributed by atoms with van der Waals surface area (Å²) >= 11 is 1.35. The van der Waals surface area contributed by atoms with Crippen LogP contribution in [0.2, 0.25) is 0 Å². The van der Waals surface area contributed by atoms with Gasteiger partial charge < -0.3 is 5.11 Å². The standard InChI is InChI=1S/C22H18F2N2O2S/c1-12-6-7-14(8-13(12)2)15-10-29-21-19(15)22(28)26(11-25-21)9-18(27)20-16(23)4-3-5-17(20)24/h3-8,10-11,18,27H,9H2,1-2H3/t18-/m0/s1. The third kappa shape index (κ3) is 3.47. The molecule has 1 atom stereocenters. The van der Waals surface area contributed by atoms with Gasteiger partial charge >= 0.3 is 0 Å². The lowest BCUT2D eigenvalue weighted by Gasteiger charge is -2.14. The van der Waals surface area contributed by atoms with E-state index in [0.717, 1.165) is 34.4 Å². The third-order valence-electron chi connectivity index (χ3n) is 5.08. The molecule has 1 N–H and O–H groups in total. The number of rotatable bonds is 4. The van der Waals surface area contributed by atoms with Gasteiger partial charge in [0, 0.05) is 10.9 Å². The number of aliphatic hydroxyl groups excluding tert-OH is 1. The molecule has 0 amide bonds. The molecular formula is C22H18F2N2O2S. The van der Waals surface area contributed by atoms with Crippen LogP contribution in [0.5, 0.6) is 0 Å². The molecule has 0 aliphatic carbocycles. The van der Waals surface area contributed by atoms with Gasteiger partial charge in [-0.1, -0.05) is 24.3 Å².